The molecule has 13 heavy (non-hydrogen) atoms. The van der Waals surface area contributed by atoms with Crippen LogP contribution >= 0.6 is 0 Å². The number of hydrogen-bond acceptors (Lipinski definition) is 4. The second kappa shape index (κ2) is 2.78. The molecule has 0 fully saturated rings. The van der Waals surface area contributed by atoms with Crippen LogP contribution in [0.5, 0.6) is 0 Å². The molecule has 0 radical (unpaired) electrons. The molecule has 0 unspecified atom stereocenters. The molecule has 0 saturated heterocycles. The normalized spacial score (nSPS) is 10.2. The van der Waals surface area contributed by atoms with Crippen molar-refractivity contribution in [3.8, 4) is 5.69 Å². The predicted molar refractivity (Wildman–Crippen MR) is 50.2 cm³/mol. The molecule has 0 aromatic carbocycles. The van der Waals surface area contributed by atoms with Crippen LogP contribution in [0.4, 0.5) is 11.5 Å². The number of anilines is 2. The standard InChI is InChI=1S/C8H9N5/c9-7-5-12-13(8(7)10)6-2-1-3-11-4-6/h1-5H,9-10H2. The third-order valence-corrected chi connectivity index (χ3v) is 1.73. The lowest BCUT2D eigenvalue weighted by Gasteiger charge is -2.01. The molecule has 66 valence electrons. The number of nitrogens with zero attached hydrogens (tertiary/aromatic N) is 3. The van der Waals surface area contributed by atoms with Crippen LogP contribution in [0.25, 0.3) is 5.69 Å². The van der Waals surface area contributed by atoms with Crippen molar-refractivity contribution in [3.63, 3.8) is 0 Å². The number of rotatable bonds is 1. The Labute approximate surface area is 75.0 Å². The van der Waals surface area contributed by atoms with E-state index in [1.54, 1.807) is 17.1 Å². The highest BCUT2D eigenvalue weighted by molar-refractivity contribution is 5.60. The first-order chi connectivity index (χ1) is 6.29. The molecule has 5 heteroatoms. The van der Waals surface area contributed by atoms with Gasteiger partial charge in [0.15, 0.2) is 5.82 Å². The lowest BCUT2D eigenvalue weighted by Crippen LogP contribution is -2.02. The van der Waals surface area contributed by atoms with E-state index >= 15 is 0 Å². The molecule has 0 spiro atoms. The van der Waals surface area contributed by atoms with Gasteiger partial charge in [-0.25, -0.2) is 4.68 Å². The Kier molecular flexibility index (Phi) is 1.63. The van der Waals surface area contributed by atoms with E-state index in [1.165, 1.54) is 6.20 Å². The summed E-state index contributed by atoms with van der Waals surface area (Å²) in [6, 6.07) is 3.67. The Bertz CT molecular complexity index is 406. The summed E-state index contributed by atoms with van der Waals surface area (Å²) in [6.07, 6.45) is 4.87. The smallest absolute Gasteiger partial charge is 0.150 e. The molecular weight excluding hydrogens is 166 g/mol. The highest BCUT2D eigenvalue weighted by Crippen LogP contribution is 2.16. The Hall–Kier alpha value is -2.04. The van der Waals surface area contributed by atoms with E-state index in [4.69, 9.17) is 11.5 Å². The van der Waals surface area contributed by atoms with E-state index in [1.807, 2.05) is 12.1 Å². The van der Waals surface area contributed by atoms with Crippen molar-refractivity contribution in [1.29, 1.82) is 0 Å². The van der Waals surface area contributed by atoms with Gasteiger partial charge in [-0.05, 0) is 12.1 Å². The zero-order chi connectivity index (χ0) is 9.26. The van der Waals surface area contributed by atoms with Crippen LogP contribution in [0, 0.1) is 0 Å². The van der Waals surface area contributed by atoms with Crippen molar-refractivity contribution in [2.24, 2.45) is 0 Å². The average Bonchev–Trinajstić information content (AvgIpc) is 2.49. The van der Waals surface area contributed by atoms with E-state index < -0.39 is 0 Å². The van der Waals surface area contributed by atoms with E-state index in [0.717, 1.165) is 5.69 Å². The highest BCUT2D eigenvalue weighted by atomic mass is 15.3. The fourth-order valence-electron chi connectivity index (χ4n) is 1.06. The van der Waals surface area contributed by atoms with Gasteiger partial charge >= 0.3 is 0 Å². The minimum atomic E-state index is 0.438. The molecule has 4 N–H and O–H groups in total. The number of nitrogens with two attached hydrogens (primary N) is 2. The van der Waals surface area contributed by atoms with Gasteiger partial charge in [-0.2, -0.15) is 5.10 Å². The molecule has 2 rings (SSSR count). The van der Waals surface area contributed by atoms with Crippen molar-refractivity contribution in [1.82, 2.24) is 14.8 Å². The molecule has 2 aromatic heterocycles. The molecule has 0 aliphatic rings. The second-order valence-electron chi connectivity index (χ2n) is 2.61. The first kappa shape index (κ1) is 7.60. The van der Waals surface area contributed by atoms with Crippen LogP contribution in [-0.4, -0.2) is 14.8 Å². The molecule has 0 amide bonds. The summed E-state index contributed by atoms with van der Waals surface area (Å²) >= 11 is 0. The van der Waals surface area contributed by atoms with E-state index in [-0.39, 0.29) is 0 Å². The maximum atomic E-state index is 5.68. The average molecular weight is 175 g/mol. The van der Waals surface area contributed by atoms with Crippen molar-refractivity contribution in [2.75, 3.05) is 11.5 Å². The third-order valence-electron chi connectivity index (χ3n) is 1.73. The largest absolute Gasteiger partial charge is 0.394 e. The van der Waals surface area contributed by atoms with Crippen LogP contribution in [0.1, 0.15) is 0 Å². The zero-order valence-electron chi connectivity index (χ0n) is 6.88. The fraction of sp³-hybridized carbons (Fsp3) is 0. The van der Waals surface area contributed by atoms with Gasteiger partial charge in [-0.3, -0.25) is 4.98 Å². The molecule has 0 aliphatic heterocycles. The molecule has 5 nitrogen and oxygen atoms in total. The molecule has 0 bridgehead atoms. The number of hydrogen-bond donors (Lipinski definition) is 2. The SMILES string of the molecule is Nc1cnn(-c2cccnc2)c1N. The van der Waals surface area contributed by atoms with Crippen LogP contribution in [0.15, 0.2) is 30.7 Å². The summed E-state index contributed by atoms with van der Waals surface area (Å²) < 4.78 is 1.54. The maximum absolute atomic E-state index is 5.68. The van der Waals surface area contributed by atoms with Crippen molar-refractivity contribution >= 4 is 11.5 Å². The van der Waals surface area contributed by atoms with Crippen LogP contribution in [0.3, 0.4) is 0 Å². The van der Waals surface area contributed by atoms with Gasteiger partial charge in [0.25, 0.3) is 0 Å². The first-order valence-electron chi connectivity index (χ1n) is 3.78. The fourth-order valence-corrected chi connectivity index (χ4v) is 1.06. The molecule has 0 atom stereocenters. The first-order valence-corrected chi connectivity index (χ1v) is 3.78. The van der Waals surface area contributed by atoms with E-state index in [0.29, 0.717) is 11.5 Å². The topological polar surface area (TPSA) is 82.8 Å². The predicted octanol–water partition coefficient (Wildman–Crippen LogP) is 0.432. The lowest BCUT2D eigenvalue weighted by molar-refractivity contribution is 0.884. The monoisotopic (exact) mass is 175 g/mol. The van der Waals surface area contributed by atoms with Gasteiger partial charge < -0.3 is 11.5 Å². The van der Waals surface area contributed by atoms with Gasteiger partial charge in [0.2, 0.25) is 0 Å². The second-order valence-corrected chi connectivity index (χ2v) is 2.61. The van der Waals surface area contributed by atoms with Crippen LogP contribution in [-0.2, 0) is 0 Å². The highest BCUT2D eigenvalue weighted by Gasteiger charge is 2.04. The third kappa shape index (κ3) is 1.20. The summed E-state index contributed by atoms with van der Waals surface area (Å²) in [5.41, 5.74) is 12.5. The van der Waals surface area contributed by atoms with E-state index in [9.17, 15) is 0 Å². The summed E-state index contributed by atoms with van der Waals surface area (Å²) in [5.74, 6) is 0.438. The molecule has 2 aromatic rings. The summed E-state index contributed by atoms with van der Waals surface area (Å²) in [5, 5.41) is 4.01. The minimum absolute atomic E-state index is 0.438. The molecule has 2 heterocycles. The Morgan fingerprint density at radius 2 is 2.08 bits per heavy atom. The summed E-state index contributed by atoms with van der Waals surface area (Å²) in [6.45, 7) is 0. The zero-order valence-corrected chi connectivity index (χ0v) is 6.88. The molecule has 0 saturated carbocycles. The van der Waals surface area contributed by atoms with Gasteiger partial charge in [-0.15, -0.1) is 0 Å². The van der Waals surface area contributed by atoms with Crippen molar-refractivity contribution in [2.45, 2.75) is 0 Å². The van der Waals surface area contributed by atoms with Crippen molar-refractivity contribution < 1.29 is 0 Å². The lowest BCUT2D eigenvalue weighted by atomic mass is 10.4. The van der Waals surface area contributed by atoms with Crippen LogP contribution in [0.2, 0.25) is 0 Å². The Morgan fingerprint density at radius 3 is 2.62 bits per heavy atom. The molecule has 0 aliphatic carbocycles. The summed E-state index contributed by atoms with van der Waals surface area (Å²) in [4.78, 5) is 3.95. The maximum Gasteiger partial charge on any atom is 0.150 e. The Morgan fingerprint density at radius 1 is 1.23 bits per heavy atom. The minimum Gasteiger partial charge on any atom is -0.394 e. The van der Waals surface area contributed by atoms with Crippen LogP contribution < -0.4 is 11.5 Å². The van der Waals surface area contributed by atoms with Gasteiger partial charge in [0.1, 0.15) is 0 Å². The number of nitrogen functional groups attached to an aromatic ring is 2. The quantitative estimate of drug-likeness (QED) is 0.658. The number of aromatic nitrogens is 3. The van der Waals surface area contributed by atoms with Crippen molar-refractivity contribution in [3.05, 3.63) is 30.7 Å². The Balaban J connectivity index is 2.53. The summed E-state index contributed by atoms with van der Waals surface area (Å²) in [7, 11) is 0. The van der Waals surface area contributed by atoms with Gasteiger partial charge in [0.05, 0.1) is 23.8 Å². The number of pyridine rings is 1. The van der Waals surface area contributed by atoms with E-state index in [2.05, 4.69) is 10.1 Å². The van der Waals surface area contributed by atoms with Gasteiger partial charge in [0, 0.05) is 6.20 Å². The van der Waals surface area contributed by atoms with Gasteiger partial charge in [-0.1, -0.05) is 0 Å². The molecular formula is C8H9N5.